The van der Waals surface area contributed by atoms with Crippen molar-refractivity contribution < 1.29 is 0 Å². The van der Waals surface area contributed by atoms with Gasteiger partial charge < -0.3 is 5.32 Å². The van der Waals surface area contributed by atoms with Crippen LogP contribution in [-0.2, 0) is 6.42 Å². The fourth-order valence-electron chi connectivity index (χ4n) is 2.49. The number of nitrogens with one attached hydrogen (secondary N) is 1. The summed E-state index contributed by atoms with van der Waals surface area (Å²) in [4.78, 5) is 0. The van der Waals surface area contributed by atoms with Gasteiger partial charge in [-0.2, -0.15) is 0 Å². The van der Waals surface area contributed by atoms with Gasteiger partial charge in [-0.05, 0) is 42.5 Å². The average molecular weight is 223 g/mol. The largest absolute Gasteiger partial charge is 0.384 e. The molecule has 2 aromatic carbocycles. The number of anilines is 1. The zero-order valence-corrected chi connectivity index (χ0v) is 10.4. The molecule has 0 aliphatic carbocycles. The van der Waals surface area contributed by atoms with E-state index in [1.165, 1.54) is 33.5 Å². The van der Waals surface area contributed by atoms with E-state index in [0.717, 1.165) is 13.0 Å². The van der Waals surface area contributed by atoms with E-state index < -0.39 is 0 Å². The van der Waals surface area contributed by atoms with Gasteiger partial charge in [0.05, 0.1) is 0 Å². The highest BCUT2D eigenvalue weighted by Crippen LogP contribution is 2.34. The molecule has 86 valence electrons. The lowest BCUT2D eigenvalue weighted by Gasteiger charge is -2.10. The lowest BCUT2D eigenvalue weighted by atomic mass is 9.97. The molecule has 1 nitrogen and oxygen atoms in total. The minimum atomic E-state index is 1.07. The number of fused-ring (bicyclic) bond motifs is 1. The van der Waals surface area contributed by atoms with E-state index in [9.17, 15) is 0 Å². The van der Waals surface area contributed by atoms with Crippen molar-refractivity contribution in [1.29, 1.82) is 0 Å². The molecule has 1 N–H and O–H groups in total. The second-order valence-corrected chi connectivity index (χ2v) is 4.82. The van der Waals surface area contributed by atoms with Crippen LogP contribution >= 0.6 is 0 Å². The highest BCUT2D eigenvalue weighted by atomic mass is 14.9. The first kappa shape index (κ1) is 10.4. The molecular formula is C16H17N. The molecule has 0 bridgehead atoms. The molecule has 1 aliphatic heterocycles. The van der Waals surface area contributed by atoms with Crippen molar-refractivity contribution >= 4 is 5.69 Å². The van der Waals surface area contributed by atoms with Gasteiger partial charge in [0.2, 0.25) is 0 Å². The van der Waals surface area contributed by atoms with Crippen LogP contribution in [0.4, 0.5) is 5.69 Å². The number of hydrogen-bond acceptors (Lipinski definition) is 1. The summed E-state index contributed by atoms with van der Waals surface area (Å²) in [5.41, 5.74) is 8.14. The molecule has 0 saturated heterocycles. The van der Waals surface area contributed by atoms with E-state index >= 15 is 0 Å². The van der Waals surface area contributed by atoms with Gasteiger partial charge in [0, 0.05) is 17.8 Å². The molecule has 17 heavy (non-hydrogen) atoms. The van der Waals surface area contributed by atoms with Crippen LogP contribution in [0.2, 0.25) is 0 Å². The maximum absolute atomic E-state index is 3.50. The molecule has 0 unspecified atom stereocenters. The van der Waals surface area contributed by atoms with Crippen molar-refractivity contribution in [3.05, 3.63) is 53.1 Å². The van der Waals surface area contributed by atoms with Gasteiger partial charge in [0.15, 0.2) is 0 Å². The summed E-state index contributed by atoms with van der Waals surface area (Å²) < 4.78 is 0. The Morgan fingerprint density at radius 3 is 2.71 bits per heavy atom. The smallest absolute Gasteiger partial charge is 0.0453 e. The van der Waals surface area contributed by atoms with Crippen LogP contribution in [0, 0.1) is 13.8 Å². The van der Waals surface area contributed by atoms with E-state index in [2.05, 4.69) is 55.6 Å². The van der Waals surface area contributed by atoms with E-state index in [0.29, 0.717) is 0 Å². The van der Waals surface area contributed by atoms with Crippen LogP contribution in [0.1, 0.15) is 16.7 Å². The van der Waals surface area contributed by atoms with Crippen molar-refractivity contribution in [3.8, 4) is 11.1 Å². The van der Waals surface area contributed by atoms with Gasteiger partial charge in [-0.3, -0.25) is 0 Å². The first-order chi connectivity index (χ1) is 8.25. The SMILES string of the molecule is Cc1ccc(-c2cccc3c2NCC3)cc1C. The van der Waals surface area contributed by atoms with Crippen LogP contribution in [0.5, 0.6) is 0 Å². The van der Waals surface area contributed by atoms with Gasteiger partial charge in [0.1, 0.15) is 0 Å². The molecule has 3 rings (SSSR count). The molecule has 0 spiro atoms. The molecule has 0 fully saturated rings. The maximum Gasteiger partial charge on any atom is 0.0453 e. The molecule has 0 aromatic heterocycles. The van der Waals surface area contributed by atoms with Gasteiger partial charge in [-0.1, -0.05) is 36.4 Å². The summed E-state index contributed by atoms with van der Waals surface area (Å²) >= 11 is 0. The lowest BCUT2D eigenvalue weighted by molar-refractivity contribution is 1.11. The summed E-state index contributed by atoms with van der Waals surface area (Å²) in [5.74, 6) is 0. The van der Waals surface area contributed by atoms with E-state index in [-0.39, 0.29) is 0 Å². The third-order valence-corrected chi connectivity index (χ3v) is 3.66. The fourth-order valence-corrected chi connectivity index (χ4v) is 2.49. The van der Waals surface area contributed by atoms with Gasteiger partial charge in [0.25, 0.3) is 0 Å². The fraction of sp³-hybridized carbons (Fsp3) is 0.250. The Hall–Kier alpha value is -1.76. The first-order valence-corrected chi connectivity index (χ1v) is 6.19. The van der Waals surface area contributed by atoms with Crippen LogP contribution in [0.3, 0.4) is 0 Å². The van der Waals surface area contributed by atoms with Crippen molar-refractivity contribution in [1.82, 2.24) is 0 Å². The lowest BCUT2D eigenvalue weighted by Crippen LogP contribution is -1.93. The molecular weight excluding hydrogens is 206 g/mol. The van der Waals surface area contributed by atoms with Crippen molar-refractivity contribution in [2.75, 3.05) is 11.9 Å². The average Bonchev–Trinajstić information content (AvgIpc) is 2.80. The van der Waals surface area contributed by atoms with Gasteiger partial charge in [-0.25, -0.2) is 0 Å². The Labute approximate surface area is 102 Å². The van der Waals surface area contributed by atoms with Crippen molar-refractivity contribution in [2.24, 2.45) is 0 Å². The van der Waals surface area contributed by atoms with Crippen LogP contribution in [0.25, 0.3) is 11.1 Å². The summed E-state index contributed by atoms with van der Waals surface area (Å²) in [6.07, 6.45) is 1.15. The minimum absolute atomic E-state index is 1.07. The highest BCUT2D eigenvalue weighted by Gasteiger charge is 2.14. The molecule has 1 aliphatic rings. The molecule has 1 heteroatoms. The normalized spacial score (nSPS) is 13.3. The topological polar surface area (TPSA) is 12.0 Å². The van der Waals surface area contributed by atoms with Crippen molar-refractivity contribution in [3.63, 3.8) is 0 Å². The van der Waals surface area contributed by atoms with Crippen LogP contribution in [0.15, 0.2) is 36.4 Å². The van der Waals surface area contributed by atoms with Gasteiger partial charge >= 0.3 is 0 Å². The third kappa shape index (κ3) is 1.72. The number of rotatable bonds is 1. The second kappa shape index (κ2) is 3.92. The van der Waals surface area contributed by atoms with Gasteiger partial charge in [-0.15, -0.1) is 0 Å². The molecule has 0 saturated carbocycles. The Balaban J connectivity index is 2.15. The standard InChI is InChI=1S/C16H17N/c1-11-6-7-14(10-12(11)2)15-5-3-4-13-8-9-17-16(13)15/h3-7,10,17H,8-9H2,1-2H3. The monoisotopic (exact) mass is 223 g/mol. The molecule has 0 radical (unpaired) electrons. The van der Waals surface area contributed by atoms with Crippen molar-refractivity contribution in [2.45, 2.75) is 20.3 Å². The zero-order valence-electron chi connectivity index (χ0n) is 10.4. The highest BCUT2D eigenvalue weighted by molar-refractivity contribution is 5.82. The Morgan fingerprint density at radius 1 is 1.00 bits per heavy atom. The number of benzene rings is 2. The molecule has 0 atom stereocenters. The summed E-state index contributed by atoms with van der Waals surface area (Å²) in [7, 11) is 0. The Bertz CT molecular complexity index is 570. The third-order valence-electron chi connectivity index (χ3n) is 3.66. The number of para-hydroxylation sites is 1. The van der Waals surface area contributed by atoms with E-state index in [1.54, 1.807) is 0 Å². The molecule has 0 amide bonds. The summed E-state index contributed by atoms with van der Waals surface area (Å²) in [6.45, 7) is 5.40. The van der Waals surface area contributed by atoms with Crippen LogP contribution in [-0.4, -0.2) is 6.54 Å². The molecule has 1 heterocycles. The van der Waals surface area contributed by atoms with Crippen LogP contribution < -0.4 is 5.32 Å². The number of aryl methyl sites for hydroxylation is 2. The first-order valence-electron chi connectivity index (χ1n) is 6.19. The minimum Gasteiger partial charge on any atom is -0.384 e. The second-order valence-electron chi connectivity index (χ2n) is 4.82. The Morgan fingerprint density at radius 2 is 1.88 bits per heavy atom. The zero-order chi connectivity index (χ0) is 11.8. The maximum atomic E-state index is 3.50. The van der Waals surface area contributed by atoms with E-state index in [1.807, 2.05) is 0 Å². The van der Waals surface area contributed by atoms with E-state index in [4.69, 9.17) is 0 Å². The molecule has 2 aromatic rings. The Kier molecular flexibility index (Phi) is 2.40. The summed E-state index contributed by atoms with van der Waals surface area (Å²) in [6, 6.07) is 13.3. The predicted molar refractivity (Wildman–Crippen MR) is 73.5 cm³/mol. The predicted octanol–water partition coefficient (Wildman–Crippen LogP) is 3.94. The quantitative estimate of drug-likeness (QED) is 0.772. The number of hydrogen-bond donors (Lipinski definition) is 1. The summed E-state index contributed by atoms with van der Waals surface area (Å²) in [5, 5.41) is 3.50.